The number of imidazole rings is 1. The smallest absolute Gasteiger partial charge is 0.405 e. The second-order valence-corrected chi connectivity index (χ2v) is 4.38. The first kappa shape index (κ1) is 14.3. The van der Waals surface area contributed by atoms with Gasteiger partial charge in [-0.15, -0.1) is 13.2 Å². The Bertz CT molecular complexity index is 808. The second-order valence-electron chi connectivity index (χ2n) is 4.38. The minimum atomic E-state index is -5.04. The number of nitrogens with zero attached hydrogens (tertiary/aromatic N) is 1. The van der Waals surface area contributed by atoms with E-state index in [1.54, 1.807) is 24.3 Å². The third-order valence-corrected chi connectivity index (χ3v) is 2.91. The lowest BCUT2D eigenvalue weighted by Crippen LogP contribution is -2.18. The Morgan fingerprint density at radius 1 is 1.00 bits per heavy atom. The number of H-pyrrole nitrogens is 1. The van der Waals surface area contributed by atoms with Gasteiger partial charge in [-0.2, -0.15) is 0 Å². The fourth-order valence-electron chi connectivity index (χ4n) is 2.03. The van der Waals surface area contributed by atoms with Crippen LogP contribution in [0.2, 0.25) is 0 Å². The first-order valence-corrected chi connectivity index (χ1v) is 6.04. The van der Waals surface area contributed by atoms with Crippen LogP contribution in [0.3, 0.4) is 0 Å². The molecule has 22 heavy (non-hydrogen) atoms. The van der Waals surface area contributed by atoms with Crippen LogP contribution in [0, 0.1) is 11.6 Å². The van der Waals surface area contributed by atoms with E-state index in [0.717, 1.165) is 0 Å². The summed E-state index contributed by atoms with van der Waals surface area (Å²) in [4.78, 5) is 6.61. The lowest BCUT2D eigenvalue weighted by molar-refractivity contribution is -0.274. The molecule has 1 N–H and O–H groups in total. The predicted octanol–water partition coefficient (Wildman–Crippen LogP) is 4.41. The molecule has 8 heteroatoms. The molecule has 0 saturated carbocycles. The Morgan fingerprint density at radius 3 is 2.41 bits per heavy atom. The van der Waals surface area contributed by atoms with Crippen molar-refractivity contribution in [1.82, 2.24) is 9.97 Å². The maximum absolute atomic E-state index is 14.0. The maximum Gasteiger partial charge on any atom is 0.573 e. The average molecular weight is 314 g/mol. The molecule has 0 aliphatic heterocycles. The molecular weight excluding hydrogens is 307 g/mol. The number of rotatable bonds is 2. The fraction of sp³-hybridized carbons (Fsp3) is 0.0714. The maximum atomic E-state index is 14.0. The zero-order valence-corrected chi connectivity index (χ0v) is 10.7. The van der Waals surface area contributed by atoms with Gasteiger partial charge in [-0.1, -0.05) is 12.1 Å². The van der Waals surface area contributed by atoms with Crippen LogP contribution < -0.4 is 4.74 Å². The minimum absolute atomic E-state index is 0.252. The Balaban J connectivity index is 2.21. The largest absolute Gasteiger partial charge is 0.573 e. The number of aromatic amines is 1. The quantitative estimate of drug-likeness (QED) is 0.712. The van der Waals surface area contributed by atoms with Crippen LogP contribution in [0.4, 0.5) is 22.0 Å². The zero-order chi connectivity index (χ0) is 15.9. The Labute approximate surface area is 120 Å². The molecule has 0 atom stereocenters. The van der Waals surface area contributed by atoms with Crippen molar-refractivity contribution in [1.29, 1.82) is 0 Å². The SMILES string of the molecule is Fc1ccc(OC(F)(F)F)c(-c2nc3ccccc3[nH]2)c1F. The molecule has 0 aliphatic carbocycles. The van der Waals surface area contributed by atoms with Gasteiger partial charge in [0.2, 0.25) is 0 Å². The molecule has 3 nitrogen and oxygen atoms in total. The van der Waals surface area contributed by atoms with Gasteiger partial charge in [-0.25, -0.2) is 13.8 Å². The summed E-state index contributed by atoms with van der Waals surface area (Å²) in [5.41, 5.74) is 0.159. The van der Waals surface area contributed by atoms with Crippen LogP contribution in [-0.4, -0.2) is 16.3 Å². The van der Waals surface area contributed by atoms with Crippen molar-refractivity contribution in [3.63, 3.8) is 0 Å². The van der Waals surface area contributed by atoms with E-state index >= 15 is 0 Å². The Kier molecular flexibility index (Phi) is 3.23. The number of fused-ring (bicyclic) bond motifs is 1. The summed E-state index contributed by atoms with van der Waals surface area (Å²) in [6.45, 7) is 0. The molecule has 0 radical (unpaired) electrons. The van der Waals surface area contributed by atoms with Crippen LogP contribution in [-0.2, 0) is 0 Å². The molecule has 0 aliphatic rings. The van der Waals surface area contributed by atoms with Crippen molar-refractivity contribution in [2.45, 2.75) is 6.36 Å². The van der Waals surface area contributed by atoms with E-state index in [1.165, 1.54) is 0 Å². The van der Waals surface area contributed by atoms with Gasteiger partial charge in [0.15, 0.2) is 11.6 Å². The number of halogens is 5. The van der Waals surface area contributed by atoms with Gasteiger partial charge in [0.25, 0.3) is 0 Å². The van der Waals surface area contributed by atoms with Gasteiger partial charge in [0, 0.05) is 0 Å². The van der Waals surface area contributed by atoms with Crippen LogP contribution in [0.25, 0.3) is 22.4 Å². The normalized spacial score (nSPS) is 11.9. The monoisotopic (exact) mass is 314 g/mol. The molecule has 0 unspecified atom stereocenters. The second kappa shape index (κ2) is 4.97. The van der Waals surface area contributed by atoms with Crippen LogP contribution in [0.5, 0.6) is 5.75 Å². The van der Waals surface area contributed by atoms with Gasteiger partial charge in [0.05, 0.1) is 16.6 Å². The zero-order valence-electron chi connectivity index (χ0n) is 10.7. The van der Waals surface area contributed by atoms with Crippen molar-refractivity contribution < 1.29 is 26.7 Å². The molecule has 3 rings (SSSR count). The standard InChI is InChI=1S/C14H7F5N2O/c15-7-5-6-10(22-14(17,18)19)11(12(7)16)13-20-8-3-1-2-4-9(8)21-13/h1-6H,(H,20,21). The highest BCUT2D eigenvalue weighted by molar-refractivity contribution is 5.80. The van der Waals surface area contributed by atoms with E-state index in [2.05, 4.69) is 14.7 Å². The van der Waals surface area contributed by atoms with Crippen molar-refractivity contribution in [3.8, 4) is 17.1 Å². The Hall–Kier alpha value is -2.64. The van der Waals surface area contributed by atoms with E-state index in [-0.39, 0.29) is 5.82 Å². The molecule has 1 heterocycles. The first-order valence-electron chi connectivity index (χ1n) is 6.04. The predicted molar refractivity (Wildman–Crippen MR) is 68.1 cm³/mol. The molecular formula is C14H7F5N2O. The van der Waals surface area contributed by atoms with Crippen LogP contribution in [0.15, 0.2) is 36.4 Å². The number of ether oxygens (including phenoxy) is 1. The average Bonchev–Trinajstić information content (AvgIpc) is 2.85. The van der Waals surface area contributed by atoms with Gasteiger partial charge in [0.1, 0.15) is 11.6 Å². The molecule has 2 aromatic carbocycles. The minimum Gasteiger partial charge on any atom is -0.405 e. The van der Waals surface area contributed by atoms with E-state index < -0.39 is 29.3 Å². The highest BCUT2D eigenvalue weighted by Crippen LogP contribution is 2.36. The first-order chi connectivity index (χ1) is 10.3. The van der Waals surface area contributed by atoms with Crippen molar-refractivity contribution in [3.05, 3.63) is 48.0 Å². The molecule has 0 saturated heterocycles. The number of benzene rings is 2. The van der Waals surface area contributed by atoms with E-state index in [4.69, 9.17) is 0 Å². The summed E-state index contributed by atoms with van der Waals surface area (Å²) in [6, 6.07) is 7.77. The molecule has 0 fully saturated rings. The molecule has 3 aromatic rings. The van der Waals surface area contributed by atoms with Crippen LogP contribution >= 0.6 is 0 Å². The summed E-state index contributed by atoms with van der Waals surface area (Å²) in [7, 11) is 0. The number of hydrogen-bond acceptors (Lipinski definition) is 2. The van der Waals surface area contributed by atoms with Crippen molar-refractivity contribution in [2.75, 3.05) is 0 Å². The summed E-state index contributed by atoms with van der Waals surface area (Å²) in [6.07, 6.45) is -5.04. The topological polar surface area (TPSA) is 37.9 Å². The van der Waals surface area contributed by atoms with E-state index in [0.29, 0.717) is 23.2 Å². The number of alkyl halides is 3. The molecule has 0 bridgehead atoms. The number of hydrogen-bond donors (Lipinski definition) is 1. The lowest BCUT2D eigenvalue weighted by Gasteiger charge is -2.12. The van der Waals surface area contributed by atoms with Gasteiger partial charge in [-0.3, -0.25) is 0 Å². The van der Waals surface area contributed by atoms with E-state index in [1.807, 2.05) is 0 Å². The lowest BCUT2D eigenvalue weighted by atomic mass is 10.1. The van der Waals surface area contributed by atoms with Crippen molar-refractivity contribution >= 4 is 11.0 Å². The van der Waals surface area contributed by atoms with Crippen LogP contribution in [0.1, 0.15) is 0 Å². The third-order valence-electron chi connectivity index (χ3n) is 2.91. The molecule has 114 valence electrons. The number of aromatic nitrogens is 2. The molecule has 1 aromatic heterocycles. The molecule has 0 amide bonds. The number of nitrogens with one attached hydrogen (secondary N) is 1. The van der Waals surface area contributed by atoms with E-state index in [9.17, 15) is 22.0 Å². The highest BCUT2D eigenvalue weighted by Gasteiger charge is 2.34. The molecule has 0 spiro atoms. The highest BCUT2D eigenvalue weighted by atomic mass is 19.4. The summed E-state index contributed by atoms with van der Waals surface area (Å²) in [5, 5.41) is 0. The summed E-state index contributed by atoms with van der Waals surface area (Å²) >= 11 is 0. The summed E-state index contributed by atoms with van der Waals surface area (Å²) in [5.74, 6) is -3.89. The van der Waals surface area contributed by atoms with Gasteiger partial charge in [-0.05, 0) is 24.3 Å². The summed E-state index contributed by atoms with van der Waals surface area (Å²) < 4.78 is 68.3. The Morgan fingerprint density at radius 2 is 1.73 bits per heavy atom. The van der Waals surface area contributed by atoms with Crippen molar-refractivity contribution in [2.24, 2.45) is 0 Å². The third kappa shape index (κ3) is 2.59. The number of para-hydroxylation sites is 2. The van der Waals surface area contributed by atoms with Gasteiger partial charge >= 0.3 is 6.36 Å². The fourth-order valence-corrected chi connectivity index (χ4v) is 2.03. The van der Waals surface area contributed by atoms with Gasteiger partial charge < -0.3 is 9.72 Å².